The molecule has 2 aliphatic rings. The van der Waals surface area contributed by atoms with Crippen LogP contribution in [0, 0.1) is 11.3 Å². The summed E-state index contributed by atoms with van der Waals surface area (Å²) in [6.45, 7) is 7.21. The van der Waals surface area contributed by atoms with Crippen molar-refractivity contribution in [1.82, 2.24) is 10.6 Å². The molecule has 3 heteroatoms. The molecule has 2 rings (SSSR count). The highest BCUT2D eigenvalue weighted by Crippen LogP contribution is 2.33. The van der Waals surface area contributed by atoms with Gasteiger partial charge in [0.05, 0.1) is 6.04 Å². The summed E-state index contributed by atoms with van der Waals surface area (Å²) < 4.78 is 0. The van der Waals surface area contributed by atoms with Crippen molar-refractivity contribution in [2.75, 3.05) is 6.54 Å². The predicted octanol–water partition coefficient (Wildman–Crippen LogP) is 2.07. The van der Waals surface area contributed by atoms with Crippen molar-refractivity contribution in [1.29, 1.82) is 0 Å². The van der Waals surface area contributed by atoms with Crippen LogP contribution in [-0.4, -0.2) is 24.5 Å². The molecule has 1 heterocycles. The van der Waals surface area contributed by atoms with Crippen molar-refractivity contribution in [2.24, 2.45) is 11.3 Å². The van der Waals surface area contributed by atoms with Gasteiger partial charge < -0.3 is 10.6 Å². The second-order valence-electron chi connectivity index (χ2n) is 6.88. The first-order valence-electron chi connectivity index (χ1n) is 6.99. The SMILES string of the molecule is CC(C)(C)CNC(=O)C1CC2CCCCC2N1. The van der Waals surface area contributed by atoms with Gasteiger partial charge in [-0.15, -0.1) is 0 Å². The fourth-order valence-electron chi connectivity index (χ4n) is 3.00. The minimum absolute atomic E-state index is 0.0606. The molecular weight excluding hydrogens is 212 g/mol. The highest BCUT2D eigenvalue weighted by Gasteiger charge is 2.38. The number of hydrogen-bond donors (Lipinski definition) is 2. The summed E-state index contributed by atoms with van der Waals surface area (Å²) in [5.74, 6) is 0.948. The zero-order valence-electron chi connectivity index (χ0n) is 11.4. The molecule has 0 bridgehead atoms. The van der Waals surface area contributed by atoms with Crippen LogP contribution >= 0.6 is 0 Å². The van der Waals surface area contributed by atoms with Gasteiger partial charge in [-0.25, -0.2) is 0 Å². The molecule has 2 N–H and O–H groups in total. The van der Waals surface area contributed by atoms with E-state index in [0.717, 1.165) is 18.9 Å². The lowest BCUT2D eigenvalue weighted by Crippen LogP contribution is -2.45. The van der Waals surface area contributed by atoms with E-state index in [0.29, 0.717) is 6.04 Å². The normalized spacial score (nSPS) is 33.2. The summed E-state index contributed by atoms with van der Waals surface area (Å²) in [5, 5.41) is 6.59. The second kappa shape index (κ2) is 4.97. The van der Waals surface area contributed by atoms with Gasteiger partial charge in [0.15, 0.2) is 0 Å². The molecule has 1 saturated carbocycles. The smallest absolute Gasteiger partial charge is 0.237 e. The molecule has 2 fully saturated rings. The zero-order chi connectivity index (χ0) is 12.5. The Labute approximate surface area is 105 Å². The summed E-state index contributed by atoms with van der Waals surface area (Å²) in [6.07, 6.45) is 6.28. The Morgan fingerprint density at radius 3 is 2.65 bits per heavy atom. The zero-order valence-corrected chi connectivity index (χ0v) is 11.4. The molecule has 3 atom stereocenters. The third kappa shape index (κ3) is 3.44. The summed E-state index contributed by atoms with van der Waals surface area (Å²) in [5.41, 5.74) is 0.168. The topological polar surface area (TPSA) is 41.1 Å². The van der Waals surface area contributed by atoms with Crippen molar-refractivity contribution in [3.05, 3.63) is 0 Å². The number of carbonyl (C=O) groups is 1. The maximum atomic E-state index is 12.1. The Kier molecular flexibility index (Phi) is 3.76. The van der Waals surface area contributed by atoms with E-state index in [1.165, 1.54) is 25.7 Å². The first-order valence-corrected chi connectivity index (χ1v) is 6.99. The minimum atomic E-state index is 0.0606. The van der Waals surface area contributed by atoms with Crippen LogP contribution < -0.4 is 10.6 Å². The first-order chi connectivity index (χ1) is 7.96. The lowest BCUT2D eigenvalue weighted by molar-refractivity contribution is -0.123. The Morgan fingerprint density at radius 2 is 2.00 bits per heavy atom. The van der Waals surface area contributed by atoms with Gasteiger partial charge in [0.1, 0.15) is 0 Å². The van der Waals surface area contributed by atoms with E-state index in [2.05, 4.69) is 31.4 Å². The van der Waals surface area contributed by atoms with Crippen LogP contribution in [0.15, 0.2) is 0 Å². The van der Waals surface area contributed by atoms with Gasteiger partial charge in [-0.1, -0.05) is 33.6 Å². The van der Waals surface area contributed by atoms with E-state index in [-0.39, 0.29) is 17.4 Å². The van der Waals surface area contributed by atoms with Gasteiger partial charge in [0.2, 0.25) is 5.91 Å². The molecule has 0 aromatic rings. The number of fused-ring (bicyclic) bond motifs is 1. The van der Waals surface area contributed by atoms with Crippen LogP contribution in [0.2, 0.25) is 0 Å². The standard InChI is InChI=1S/C14H26N2O/c1-14(2,3)9-15-13(17)12-8-10-6-4-5-7-11(10)16-12/h10-12,16H,4-9H2,1-3H3,(H,15,17). The first kappa shape index (κ1) is 12.9. The van der Waals surface area contributed by atoms with Gasteiger partial charge in [-0.3, -0.25) is 4.79 Å². The Morgan fingerprint density at radius 1 is 1.29 bits per heavy atom. The predicted molar refractivity (Wildman–Crippen MR) is 69.8 cm³/mol. The van der Waals surface area contributed by atoms with E-state index >= 15 is 0 Å². The molecule has 1 amide bonds. The lowest BCUT2D eigenvalue weighted by atomic mass is 9.85. The molecule has 1 saturated heterocycles. The van der Waals surface area contributed by atoms with Crippen molar-refractivity contribution in [3.63, 3.8) is 0 Å². The van der Waals surface area contributed by atoms with Crippen LogP contribution in [0.4, 0.5) is 0 Å². The van der Waals surface area contributed by atoms with Crippen molar-refractivity contribution >= 4 is 5.91 Å². The third-order valence-corrected chi connectivity index (χ3v) is 3.97. The van der Waals surface area contributed by atoms with Crippen molar-refractivity contribution in [3.8, 4) is 0 Å². The van der Waals surface area contributed by atoms with Crippen LogP contribution in [0.1, 0.15) is 52.9 Å². The number of nitrogens with one attached hydrogen (secondary N) is 2. The van der Waals surface area contributed by atoms with E-state index in [9.17, 15) is 4.79 Å². The maximum absolute atomic E-state index is 12.1. The third-order valence-electron chi connectivity index (χ3n) is 3.97. The molecule has 17 heavy (non-hydrogen) atoms. The monoisotopic (exact) mass is 238 g/mol. The minimum Gasteiger partial charge on any atom is -0.354 e. The summed E-state index contributed by atoms with van der Waals surface area (Å²) in [6, 6.07) is 0.666. The van der Waals surface area contributed by atoms with Crippen LogP contribution in [0.5, 0.6) is 0 Å². The van der Waals surface area contributed by atoms with E-state index in [1.807, 2.05) is 0 Å². The maximum Gasteiger partial charge on any atom is 0.237 e. The van der Waals surface area contributed by atoms with Gasteiger partial charge in [-0.2, -0.15) is 0 Å². The fourth-order valence-corrected chi connectivity index (χ4v) is 3.00. The molecule has 0 radical (unpaired) electrons. The van der Waals surface area contributed by atoms with Gasteiger partial charge >= 0.3 is 0 Å². The van der Waals surface area contributed by atoms with Crippen molar-refractivity contribution in [2.45, 2.75) is 65.0 Å². The number of carbonyl (C=O) groups excluding carboxylic acids is 1. The van der Waals surface area contributed by atoms with Crippen LogP contribution in [0.3, 0.4) is 0 Å². The largest absolute Gasteiger partial charge is 0.354 e. The quantitative estimate of drug-likeness (QED) is 0.773. The highest BCUT2D eigenvalue weighted by atomic mass is 16.2. The number of hydrogen-bond acceptors (Lipinski definition) is 2. The van der Waals surface area contributed by atoms with Gasteiger partial charge in [0.25, 0.3) is 0 Å². The second-order valence-corrected chi connectivity index (χ2v) is 6.88. The number of amides is 1. The average Bonchev–Trinajstić information content (AvgIpc) is 2.68. The molecule has 0 aromatic carbocycles. The lowest BCUT2D eigenvalue weighted by Gasteiger charge is -2.24. The van der Waals surface area contributed by atoms with Crippen LogP contribution in [0.25, 0.3) is 0 Å². The Bertz CT molecular complexity index is 268. The molecule has 98 valence electrons. The molecular formula is C14H26N2O. The van der Waals surface area contributed by atoms with Crippen LogP contribution in [-0.2, 0) is 4.79 Å². The number of rotatable bonds is 2. The van der Waals surface area contributed by atoms with E-state index in [4.69, 9.17) is 0 Å². The summed E-state index contributed by atoms with van der Waals surface area (Å²) in [7, 11) is 0. The molecule has 1 aliphatic carbocycles. The highest BCUT2D eigenvalue weighted by molar-refractivity contribution is 5.82. The summed E-state index contributed by atoms with van der Waals surface area (Å²) >= 11 is 0. The molecule has 0 spiro atoms. The van der Waals surface area contributed by atoms with E-state index in [1.54, 1.807) is 0 Å². The summed E-state index contributed by atoms with van der Waals surface area (Å²) in [4.78, 5) is 12.1. The molecule has 3 unspecified atom stereocenters. The van der Waals surface area contributed by atoms with Crippen molar-refractivity contribution < 1.29 is 4.79 Å². The Balaban J connectivity index is 1.81. The van der Waals surface area contributed by atoms with Gasteiger partial charge in [-0.05, 0) is 30.6 Å². The average molecular weight is 238 g/mol. The van der Waals surface area contributed by atoms with Gasteiger partial charge in [0, 0.05) is 12.6 Å². The molecule has 1 aliphatic heterocycles. The molecule has 0 aromatic heterocycles. The Hall–Kier alpha value is -0.570. The fraction of sp³-hybridized carbons (Fsp3) is 0.929. The molecule has 3 nitrogen and oxygen atoms in total. The van der Waals surface area contributed by atoms with E-state index < -0.39 is 0 Å².